The van der Waals surface area contributed by atoms with Crippen LogP contribution in [-0.2, 0) is 9.59 Å². The molecule has 2 amide bonds. The summed E-state index contributed by atoms with van der Waals surface area (Å²) in [6.07, 6.45) is 3.44. The van der Waals surface area contributed by atoms with Gasteiger partial charge in [-0.05, 0) is 18.6 Å². The molecule has 106 valence electrons. The van der Waals surface area contributed by atoms with E-state index in [0.717, 1.165) is 5.56 Å². The van der Waals surface area contributed by atoms with Gasteiger partial charge in [-0.1, -0.05) is 29.8 Å². The standard InChI is InChI=1S/C16H20N2O2/c1-13-3-5-15(6-4-13)7-8-16(20)18-11-9-17(10-12-18)14(2)19/h3-8H,9-12H2,1-2H3/b8-7+. The number of aryl methyl sites for hydroxylation is 1. The zero-order valence-electron chi connectivity index (χ0n) is 12.0. The van der Waals surface area contributed by atoms with Crippen LogP contribution in [0.5, 0.6) is 0 Å². The van der Waals surface area contributed by atoms with Gasteiger partial charge in [0.05, 0.1) is 0 Å². The summed E-state index contributed by atoms with van der Waals surface area (Å²) in [4.78, 5) is 26.8. The first-order valence-electron chi connectivity index (χ1n) is 6.85. The molecule has 1 saturated heterocycles. The van der Waals surface area contributed by atoms with Gasteiger partial charge in [-0.2, -0.15) is 0 Å². The highest BCUT2D eigenvalue weighted by Crippen LogP contribution is 2.07. The molecule has 0 saturated carbocycles. The summed E-state index contributed by atoms with van der Waals surface area (Å²) in [7, 11) is 0. The van der Waals surface area contributed by atoms with Crippen molar-refractivity contribution in [3.8, 4) is 0 Å². The molecule has 0 atom stereocenters. The predicted octanol–water partition coefficient (Wildman–Crippen LogP) is 1.70. The Bertz CT molecular complexity index is 512. The van der Waals surface area contributed by atoms with Gasteiger partial charge in [0.15, 0.2) is 0 Å². The van der Waals surface area contributed by atoms with E-state index >= 15 is 0 Å². The van der Waals surface area contributed by atoms with Crippen molar-refractivity contribution in [1.82, 2.24) is 9.80 Å². The van der Waals surface area contributed by atoms with Gasteiger partial charge in [0.1, 0.15) is 0 Å². The van der Waals surface area contributed by atoms with Crippen molar-refractivity contribution >= 4 is 17.9 Å². The second kappa shape index (κ2) is 6.37. The van der Waals surface area contributed by atoms with Crippen LogP contribution in [0.1, 0.15) is 18.1 Å². The quantitative estimate of drug-likeness (QED) is 0.769. The Hall–Kier alpha value is -2.10. The first-order chi connectivity index (χ1) is 9.56. The van der Waals surface area contributed by atoms with E-state index in [1.165, 1.54) is 5.56 Å². The van der Waals surface area contributed by atoms with Crippen LogP contribution in [0.2, 0.25) is 0 Å². The molecule has 1 heterocycles. The van der Waals surface area contributed by atoms with Gasteiger partial charge in [0.25, 0.3) is 0 Å². The Morgan fingerprint density at radius 2 is 1.55 bits per heavy atom. The number of rotatable bonds is 2. The highest BCUT2D eigenvalue weighted by Gasteiger charge is 2.20. The summed E-state index contributed by atoms with van der Waals surface area (Å²) >= 11 is 0. The van der Waals surface area contributed by atoms with Gasteiger partial charge in [0.2, 0.25) is 11.8 Å². The maximum absolute atomic E-state index is 12.1. The predicted molar refractivity (Wildman–Crippen MR) is 79.0 cm³/mol. The molecule has 0 bridgehead atoms. The van der Waals surface area contributed by atoms with E-state index in [1.807, 2.05) is 37.3 Å². The number of nitrogens with zero attached hydrogens (tertiary/aromatic N) is 2. The monoisotopic (exact) mass is 272 g/mol. The fourth-order valence-electron chi connectivity index (χ4n) is 2.19. The largest absolute Gasteiger partial charge is 0.339 e. The van der Waals surface area contributed by atoms with Crippen LogP contribution >= 0.6 is 0 Å². The topological polar surface area (TPSA) is 40.6 Å². The molecular formula is C16H20N2O2. The highest BCUT2D eigenvalue weighted by atomic mass is 16.2. The summed E-state index contributed by atoms with van der Waals surface area (Å²) < 4.78 is 0. The summed E-state index contributed by atoms with van der Waals surface area (Å²) in [6.45, 7) is 6.06. The lowest BCUT2D eigenvalue weighted by Crippen LogP contribution is -2.49. The average molecular weight is 272 g/mol. The van der Waals surface area contributed by atoms with Crippen molar-refractivity contribution in [2.45, 2.75) is 13.8 Å². The molecule has 20 heavy (non-hydrogen) atoms. The molecule has 0 aliphatic carbocycles. The average Bonchev–Trinajstić information content (AvgIpc) is 2.46. The SMILES string of the molecule is CC(=O)N1CCN(C(=O)/C=C/c2ccc(C)cc2)CC1. The molecule has 0 aromatic heterocycles. The van der Waals surface area contributed by atoms with Crippen molar-refractivity contribution in [2.75, 3.05) is 26.2 Å². The molecule has 0 unspecified atom stereocenters. The van der Waals surface area contributed by atoms with Gasteiger partial charge < -0.3 is 9.80 Å². The molecule has 0 radical (unpaired) electrons. The molecule has 1 fully saturated rings. The molecule has 0 N–H and O–H groups in total. The lowest BCUT2D eigenvalue weighted by atomic mass is 10.1. The van der Waals surface area contributed by atoms with Crippen LogP contribution in [0.25, 0.3) is 6.08 Å². The summed E-state index contributed by atoms with van der Waals surface area (Å²) in [5.74, 6) is 0.0843. The van der Waals surface area contributed by atoms with Gasteiger partial charge in [-0.25, -0.2) is 0 Å². The third-order valence-corrected chi connectivity index (χ3v) is 3.53. The number of hydrogen-bond donors (Lipinski definition) is 0. The molecule has 2 rings (SSSR count). The fraction of sp³-hybridized carbons (Fsp3) is 0.375. The number of carbonyl (C=O) groups is 2. The minimum Gasteiger partial charge on any atom is -0.339 e. The number of hydrogen-bond acceptors (Lipinski definition) is 2. The van der Waals surface area contributed by atoms with Crippen LogP contribution in [0, 0.1) is 6.92 Å². The van der Waals surface area contributed by atoms with Crippen LogP contribution in [0.3, 0.4) is 0 Å². The van der Waals surface area contributed by atoms with Crippen molar-refractivity contribution in [2.24, 2.45) is 0 Å². The van der Waals surface area contributed by atoms with Crippen molar-refractivity contribution in [3.05, 3.63) is 41.5 Å². The van der Waals surface area contributed by atoms with Crippen molar-refractivity contribution in [3.63, 3.8) is 0 Å². The molecule has 1 aliphatic heterocycles. The molecule has 1 aromatic rings. The Kier molecular flexibility index (Phi) is 4.56. The first-order valence-corrected chi connectivity index (χ1v) is 6.85. The zero-order valence-corrected chi connectivity index (χ0v) is 12.0. The number of piperazine rings is 1. The summed E-state index contributed by atoms with van der Waals surface area (Å²) in [6, 6.07) is 8.03. The molecule has 1 aromatic carbocycles. The van der Waals surface area contributed by atoms with E-state index in [2.05, 4.69) is 0 Å². The van der Waals surface area contributed by atoms with Crippen LogP contribution in [-0.4, -0.2) is 47.8 Å². The van der Waals surface area contributed by atoms with Gasteiger partial charge in [-0.3, -0.25) is 9.59 Å². The zero-order chi connectivity index (χ0) is 14.5. The Morgan fingerprint density at radius 3 is 2.10 bits per heavy atom. The van der Waals surface area contributed by atoms with E-state index in [-0.39, 0.29) is 11.8 Å². The van der Waals surface area contributed by atoms with E-state index in [0.29, 0.717) is 26.2 Å². The van der Waals surface area contributed by atoms with E-state index < -0.39 is 0 Å². The maximum Gasteiger partial charge on any atom is 0.246 e. The molecular weight excluding hydrogens is 252 g/mol. The van der Waals surface area contributed by atoms with Crippen LogP contribution < -0.4 is 0 Å². The normalized spacial score (nSPS) is 15.7. The summed E-state index contributed by atoms with van der Waals surface area (Å²) in [5.41, 5.74) is 2.22. The second-order valence-corrected chi connectivity index (χ2v) is 5.08. The Balaban J connectivity index is 1.89. The van der Waals surface area contributed by atoms with Gasteiger partial charge in [0, 0.05) is 39.2 Å². The molecule has 4 heteroatoms. The smallest absolute Gasteiger partial charge is 0.246 e. The van der Waals surface area contributed by atoms with E-state index in [1.54, 1.807) is 22.8 Å². The van der Waals surface area contributed by atoms with E-state index in [4.69, 9.17) is 0 Å². The van der Waals surface area contributed by atoms with E-state index in [9.17, 15) is 9.59 Å². The van der Waals surface area contributed by atoms with Crippen LogP contribution in [0.4, 0.5) is 0 Å². The van der Waals surface area contributed by atoms with Gasteiger partial charge in [-0.15, -0.1) is 0 Å². The first kappa shape index (κ1) is 14.3. The Labute approximate surface area is 119 Å². The minimum atomic E-state index is 0.00813. The lowest BCUT2D eigenvalue weighted by molar-refractivity contribution is -0.135. The number of amides is 2. The third-order valence-electron chi connectivity index (χ3n) is 3.53. The molecule has 0 spiro atoms. The lowest BCUT2D eigenvalue weighted by Gasteiger charge is -2.33. The van der Waals surface area contributed by atoms with Crippen LogP contribution in [0.15, 0.2) is 30.3 Å². The van der Waals surface area contributed by atoms with Crippen molar-refractivity contribution in [1.29, 1.82) is 0 Å². The maximum atomic E-state index is 12.1. The minimum absolute atomic E-state index is 0.00813. The Morgan fingerprint density at radius 1 is 1.00 bits per heavy atom. The number of benzene rings is 1. The summed E-state index contributed by atoms with van der Waals surface area (Å²) in [5, 5.41) is 0. The second-order valence-electron chi connectivity index (χ2n) is 5.08. The molecule has 1 aliphatic rings. The fourth-order valence-corrected chi connectivity index (χ4v) is 2.19. The van der Waals surface area contributed by atoms with Crippen molar-refractivity contribution < 1.29 is 9.59 Å². The highest BCUT2D eigenvalue weighted by molar-refractivity contribution is 5.92. The third kappa shape index (κ3) is 3.70. The molecule has 4 nitrogen and oxygen atoms in total. The number of carbonyl (C=O) groups excluding carboxylic acids is 2. The van der Waals surface area contributed by atoms with Gasteiger partial charge >= 0.3 is 0 Å².